The van der Waals surface area contributed by atoms with Crippen LogP contribution >= 0.6 is 27.7 Å². The third kappa shape index (κ3) is 3.78. The summed E-state index contributed by atoms with van der Waals surface area (Å²) < 4.78 is 5.94. The molecular formula is C13H13BrN2O2S. The monoisotopic (exact) mass is 340 g/mol. The molecular weight excluding hydrogens is 328 g/mol. The Morgan fingerprint density at radius 3 is 2.89 bits per heavy atom. The predicted molar refractivity (Wildman–Crippen MR) is 81.4 cm³/mol. The van der Waals surface area contributed by atoms with Gasteiger partial charge in [-0.2, -0.15) is 0 Å². The number of rotatable bonds is 4. The number of furan rings is 1. The topological polar surface area (TPSA) is 68.3 Å². The number of carbonyl (C=O) groups excluding carboxylic acids is 1. The maximum atomic E-state index is 11.8. The highest BCUT2D eigenvalue weighted by atomic mass is 79.9. The summed E-state index contributed by atoms with van der Waals surface area (Å²) in [5.41, 5.74) is 7.00. The summed E-state index contributed by atoms with van der Waals surface area (Å²) in [5, 5.41) is 2.83. The fraction of sp³-hybridized carbons (Fsp3) is 0.154. The first-order valence-electron chi connectivity index (χ1n) is 5.58. The van der Waals surface area contributed by atoms with Gasteiger partial charge in [0.1, 0.15) is 5.76 Å². The van der Waals surface area contributed by atoms with Crippen LogP contribution in [0.4, 0.5) is 11.4 Å². The van der Waals surface area contributed by atoms with Crippen molar-refractivity contribution in [3.63, 3.8) is 0 Å². The van der Waals surface area contributed by atoms with Crippen LogP contribution < -0.4 is 11.1 Å². The first-order chi connectivity index (χ1) is 9.06. The lowest BCUT2D eigenvalue weighted by Gasteiger charge is -2.07. The number of carbonyl (C=O) groups is 1. The Balaban J connectivity index is 1.93. The maximum Gasteiger partial charge on any atom is 0.234 e. The summed E-state index contributed by atoms with van der Waals surface area (Å²) in [7, 11) is 0. The van der Waals surface area contributed by atoms with Gasteiger partial charge in [-0.25, -0.2) is 0 Å². The summed E-state index contributed by atoms with van der Waals surface area (Å²) in [6.07, 6.45) is 1.62. The van der Waals surface area contributed by atoms with Crippen LogP contribution in [0.3, 0.4) is 0 Å². The van der Waals surface area contributed by atoms with Crippen molar-refractivity contribution in [2.45, 2.75) is 11.8 Å². The molecule has 3 N–H and O–H groups in total. The lowest BCUT2D eigenvalue weighted by molar-refractivity contribution is -0.113. The Kier molecular flexibility index (Phi) is 4.55. The minimum absolute atomic E-state index is 0.0731. The second kappa shape index (κ2) is 6.16. The van der Waals surface area contributed by atoms with Gasteiger partial charge in [0.25, 0.3) is 0 Å². The molecule has 0 saturated heterocycles. The van der Waals surface area contributed by atoms with Crippen LogP contribution in [-0.2, 0) is 4.79 Å². The summed E-state index contributed by atoms with van der Waals surface area (Å²) >= 11 is 4.80. The highest BCUT2D eigenvalue weighted by Crippen LogP contribution is 2.26. The molecule has 4 nitrogen and oxygen atoms in total. The summed E-state index contributed by atoms with van der Waals surface area (Å²) in [4.78, 5) is 12.8. The van der Waals surface area contributed by atoms with Gasteiger partial charge in [-0.15, -0.1) is 11.8 Å². The molecule has 1 aromatic heterocycles. The molecule has 0 unspecified atom stereocenters. The average Bonchev–Trinajstić information content (AvgIpc) is 2.76. The van der Waals surface area contributed by atoms with Crippen molar-refractivity contribution in [2.75, 3.05) is 16.8 Å². The molecule has 0 saturated carbocycles. The van der Waals surface area contributed by atoms with Crippen LogP contribution in [0.1, 0.15) is 5.76 Å². The van der Waals surface area contributed by atoms with E-state index in [-0.39, 0.29) is 5.91 Å². The summed E-state index contributed by atoms with van der Waals surface area (Å²) in [6, 6.07) is 7.12. The van der Waals surface area contributed by atoms with E-state index < -0.39 is 0 Å². The predicted octanol–water partition coefficient (Wildman–Crippen LogP) is 3.66. The molecule has 100 valence electrons. The zero-order chi connectivity index (χ0) is 13.8. The molecule has 0 atom stereocenters. The zero-order valence-corrected chi connectivity index (χ0v) is 12.7. The Morgan fingerprint density at radius 2 is 2.26 bits per heavy atom. The maximum absolute atomic E-state index is 11.8. The van der Waals surface area contributed by atoms with Crippen molar-refractivity contribution in [3.8, 4) is 0 Å². The molecule has 0 radical (unpaired) electrons. The fourth-order valence-electron chi connectivity index (χ4n) is 1.49. The molecule has 1 amide bonds. The normalized spacial score (nSPS) is 10.4. The van der Waals surface area contributed by atoms with Crippen LogP contribution in [-0.4, -0.2) is 11.7 Å². The van der Waals surface area contributed by atoms with Crippen LogP contribution in [0.2, 0.25) is 0 Å². The second-order valence-corrected chi connectivity index (χ2v) is 5.79. The number of anilines is 2. The number of hydrogen-bond acceptors (Lipinski definition) is 4. The number of amides is 1. The number of hydrogen-bond donors (Lipinski definition) is 2. The first kappa shape index (κ1) is 14.0. The van der Waals surface area contributed by atoms with Gasteiger partial charge in [-0.05, 0) is 47.1 Å². The van der Waals surface area contributed by atoms with Crippen molar-refractivity contribution in [1.82, 2.24) is 0 Å². The Hall–Kier alpha value is -1.40. The third-order valence-corrected chi connectivity index (χ3v) is 4.23. The number of benzene rings is 1. The average molecular weight is 341 g/mol. The van der Waals surface area contributed by atoms with Crippen molar-refractivity contribution < 1.29 is 9.21 Å². The molecule has 1 aromatic carbocycles. The number of nitrogen functional groups attached to an aromatic ring is 1. The summed E-state index contributed by atoms with van der Waals surface area (Å²) in [6.45, 7) is 1.87. The van der Waals surface area contributed by atoms with Gasteiger partial charge in [-0.1, -0.05) is 0 Å². The van der Waals surface area contributed by atoms with Crippen LogP contribution in [0.5, 0.6) is 0 Å². The summed E-state index contributed by atoms with van der Waals surface area (Å²) in [5.74, 6) is 1.08. The van der Waals surface area contributed by atoms with Gasteiger partial charge >= 0.3 is 0 Å². The van der Waals surface area contributed by atoms with E-state index in [0.717, 1.165) is 15.1 Å². The van der Waals surface area contributed by atoms with Gasteiger partial charge in [-0.3, -0.25) is 4.79 Å². The Labute approximate surface area is 123 Å². The number of halogens is 1. The highest BCUT2D eigenvalue weighted by Gasteiger charge is 2.08. The molecule has 0 bridgehead atoms. The van der Waals surface area contributed by atoms with Gasteiger partial charge < -0.3 is 15.5 Å². The lowest BCUT2D eigenvalue weighted by atomic mass is 10.3. The van der Waals surface area contributed by atoms with Gasteiger partial charge in [0.05, 0.1) is 17.7 Å². The minimum atomic E-state index is -0.0731. The molecule has 1 heterocycles. The Bertz CT molecular complexity index is 598. The van der Waals surface area contributed by atoms with Crippen molar-refractivity contribution >= 4 is 45.0 Å². The van der Waals surface area contributed by atoms with Crippen molar-refractivity contribution in [1.29, 1.82) is 0 Å². The molecule has 2 rings (SSSR count). The standard InChI is InChI=1S/C13H13BrN2O2S/c1-8-12(4-5-18-8)19-7-13(17)16-11-3-2-9(15)6-10(11)14/h2-6H,7,15H2,1H3,(H,16,17). The van der Waals surface area contributed by atoms with Gasteiger partial charge in [0, 0.05) is 15.1 Å². The van der Waals surface area contributed by atoms with Crippen LogP contribution in [0.25, 0.3) is 0 Å². The molecule has 19 heavy (non-hydrogen) atoms. The van der Waals surface area contributed by atoms with E-state index in [9.17, 15) is 4.79 Å². The van der Waals surface area contributed by atoms with E-state index in [1.165, 1.54) is 11.8 Å². The first-order valence-corrected chi connectivity index (χ1v) is 7.36. The van der Waals surface area contributed by atoms with Crippen molar-refractivity contribution in [2.24, 2.45) is 0 Å². The van der Waals surface area contributed by atoms with E-state index in [2.05, 4.69) is 21.2 Å². The van der Waals surface area contributed by atoms with E-state index in [0.29, 0.717) is 17.1 Å². The molecule has 6 heteroatoms. The SMILES string of the molecule is Cc1occc1SCC(=O)Nc1ccc(N)cc1Br. The van der Waals surface area contributed by atoms with Crippen LogP contribution in [0.15, 0.2) is 44.3 Å². The number of nitrogens with two attached hydrogens (primary N) is 1. The molecule has 0 fully saturated rings. The number of aryl methyl sites for hydroxylation is 1. The smallest absolute Gasteiger partial charge is 0.234 e. The van der Waals surface area contributed by atoms with E-state index in [1.54, 1.807) is 24.5 Å². The number of thioether (sulfide) groups is 1. The highest BCUT2D eigenvalue weighted by molar-refractivity contribution is 9.10. The lowest BCUT2D eigenvalue weighted by Crippen LogP contribution is -2.14. The molecule has 0 aliphatic carbocycles. The molecule has 2 aromatic rings. The molecule has 0 aliphatic rings. The molecule has 0 spiro atoms. The molecule has 0 aliphatic heterocycles. The fourth-order valence-corrected chi connectivity index (χ4v) is 2.74. The minimum Gasteiger partial charge on any atom is -0.468 e. The zero-order valence-electron chi connectivity index (χ0n) is 10.3. The van der Waals surface area contributed by atoms with Gasteiger partial charge in [0.2, 0.25) is 5.91 Å². The van der Waals surface area contributed by atoms with Crippen LogP contribution in [0, 0.1) is 6.92 Å². The largest absolute Gasteiger partial charge is 0.468 e. The quantitative estimate of drug-likeness (QED) is 0.658. The third-order valence-electron chi connectivity index (χ3n) is 2.44. The van der Waals surface area contributed by atoms with E-state index >= 15 is 0 Å². The Morgan fingerprint density at radius 1 is 1.47 bits per heavy atom. The van der Waals surface area contributed by atoms with E-state index in [4.69, 9.17) is 10.2 Å². The van der Waals surface area contributed by atoms with Gasteiger partial charge in [0.15, 0.2) is 0 Å². The number of nitrogens with one attached hydrogen (secondary N) is 1. The van der Waals surface area contributed by atoms with Crippen molar-refractivity contribution in [3.05, 3.63) is 40.8 Å². The van der Waals surface area contributed by atoms with E-state index in [1.807, 2.05) is 13.0 Å². The second-order valence-electron chi connectivity index (χ2n) is 3.92.